The number of pyridine rings is 1. The second-order valence-electron chi connectivity index (χ2n) is 10.2. The first-order chi connectivity index (χ1) is 17.0. The molecule has 0 N–H and O–H groups in total. The third-order valence-corrected chi connectivity index (χ3v) is 8.09. The summed E-state index contributed by atoms with van der Waals surface area (Å²) in [7, 11) is 2.17. The number of likely N-dealkylation sites (tertiary alicyclic amines) is 1. The Kier molecular flexibility index (Phi) is 6.78. The number of amides is 3. The molecule has 7 heteroatoms. The van der Waals surface area contributed by atoms with E-state index in [2.05, 4.69) is 40.0 Å². The smallest absolute Gasteiger partial charge is 0.327 e. The number of hydrogen-bond donors (Lipinski definition) is 0. The van der Waals surface area contributed by atoms with Crippen molar-refractivity contribution in [1.82, 2.24) is 19.7 Å². The van der Waals surface area contributed by atoms with Gasteiger partial charge in [-0.05, 0) is 74.3 Å². The van der Waals surface area contributed by atoms with Gasteiger partial charge in [0.15, 0.2) is 0 Å². The van der Waals surface area contributed by atoms with Crippen LogP contribution in [0.2, 0.25) is 0 Å². The summed E-state index contributed by atoms with van der Waals surface area (Å²) < 4.78 is 0. The molecular formula is C28H37N5O2. The number of piperidine rings is 1. The lowest BCUT2D eigenvalue weighted by Crippen LogP contribution is -2.56. The molecule has 7 nitrogen and oxygen atoms in total. The number of rotatable bonds is 7. The van der Waals surface area contributed by atoms with Gasteiger partial charge in [0.05, 0.1) is 0 Å². The number of fused-ring (bicyclic) bond motifs is 1. The molecule has 186 valence electrons. The lowest BCUT2D eigenvalue weighted by Gasteiger charge is -2.42. The molecule has 3 amide bonds. The molecule has 1 aromatic carbocycles. The maximum Gasteiger partial charge on any atom is 0.327 e. The second-order valence-corrected chi connectivity index (χ2v) is 10.2. The highest BCUT2D eigenvalue weighted by atomic mass is 16.2. The summed E-state index contributed by atoms with van der Waals surface area (Å²) in [5.74, 6) is 0.00649. The van der Waals surface area contributed by atoms with Gasteiger partial charge in [0.1, 0.15) is 5.54 Å². The van der Waals surface area contributed by atoms with Crippen LogP contribution in [0.25, 0.3) is 0 Å². The van der Waals surface area contributed by atoms with Gasteiger partial charge in [-0.25, -0.2) is 4.79 Å². The maximum atomic E-state index is 13.6. The predicted molar refractivity (Wildman–Crippen MR) is 137 cm³/mol. The Morgan fingerprint density at radius 3 is 2.63 bits per heavy atom. The van der Waals surface area contributed by atoms with E-state index in [9.17, 15) is 9.59 Å². The highest BCUT2D eigenvalue weighted by Gasteiger charge is 2.57. The lowest BCUT2D eigenvalue weighted by atomic mass is 9.85. The number of imide groups is 1. The molecule has 0 unspecified atom stereocenters. The van der Waals surface area contributed by atoms with Crippen LogP contribution in [0.4, 0.5) is 10.5 Å². The Morgan fingerprint density at radius 2 is 1.89 bits per heavy atom. The molecule has 3 aliphatic rings. The third kappa shape index (κ3) is 4.54. The largest absolute Gasteiger partial charge is 0.374 e. The van der Waals surface area contributed by atoms with Crippen molar-refractivity contribution in [2.45, 2.75) is 57.5 Å². The van der Waals surface area contributed by atoms with Crippen molar-refractivity contribution in [3.8, 4) is 0 Å². The topological polar surface area (TPSA) is 60.0 Å². The van der Waals surface area contributed by atoms with Crippen LogP contribution in [0.15, 0.2) is 42.7 Å². The number of anilines is 1. The van der Waals surface area contributed by atoms with Crippen molar-refractivity contribution in [3.63, 3.8) is 0 Å². The summed E-state index contributed by atoms with van der Waals surface area (Å²) in [6.45, 7) is 6.71. The van der Waals surface area contributed by atoms with Crippen LogP contribution in [-0.2, 0) is 24.2 Å². The normalized spacial score (nSPS) is 20.1. The van der Waals surface area contributed by atoms with Gasteiger partial charge in [-0.2, -0.15) is 0 Å². The van der Waals surface area contributed by atoms with Gasteiger partial charge in [0, 0.05) is 64.4 Å². The van der Waals surface area contributed by atoms with E-state index < -0.39 is 5.54 Å². The molecule has 0 aliphatic carbocycles. The summed E-state index contributed by atoms with van der Waals surface area (Å²) in [5, 5.41) is 0. The molecule has 0 radical (unpaired) electrons. The third-order valence-electron chi connectivity index (χ3n) is 8.09. The number of urea groups is 1. The molecule has 2 fully saturated rings. The number of nitrogens with zero attached hydrogens (tertiary/aromatic N) is 5. The van der Waals surface area contributed by atoms with Crippen LogP contribution >= 0.6 is 0 Å². The van der Waals surface area contributed by atoms with Crippen LogP contribution in [-0.4, -0.2) is 76.9 Å². The number of aryl methyl sites for hydroxylation is 2. The average molecular weight is 476 g/mol. The van der Waals surface area contributed by atoms with Gasteiger partial charge < -0.3 is 9.80 Å². The zero-order chi connectivity index (χ0) is 24.4. The first-order valence-electron chi connectivity index (χ1n) is 13.1. The summed E-state index contributed by atoms with van der Waals surface area (Å²) in [5.41, 5.74) is 4.61. The van der Waals surface area contributed by atoms with Crippen molar-refractivity contribution in [2.24, 2.45) is 0 Å². The molecule has 1 aromatic heterocycles. The van der Waals surface area contributed by atoms with Crippen molar-refractivity contribution in [2.75, 3.05) is 44.7 Å². The van der Waals surface area contributed by atoms with Gasteiger partial charge >= 0.3 is 6.03 Å². The molecule has 0 bridgehead atoms. The SMILES string of the molecule is CCN1C(=O)N(CCCc2cccnc2)C(=O)C12CCN(Cc1ccc3c(c1)CCCN3C)CC2. The lowest BCUT2D eigenvalue weighted by molar-refractivity contribution is -0.135. The van der Waals surface area contributed by atoms with Crippen molar-refractivity contribution in [1.29, 1.82) is 0 Å². The predicted octanol–water partition coefficient (Wildman–Crippen LogP) is 3.72. The van der Waals surface area contributed by atoms with Gasteiger partial charge in [-0.1, -0.05) is 18.2 Å². The minimum Gasteiger partial charge on any atom is -0.374 e. The van der Waals surface area contributed by atoms with Crippen molar-refractivity contribution in [3.05, 3.63) is 59.4 Å². The highest BCUT2D eigenvalue weighted by Crippen LogP contribution is 2.38. The van der Waals surface area contributed by atoms with Crippen LogP contribution in [0.1, 0.15) is 49.3 Å². The van der Waals surface area contributed by atoms with E-state index in [0.29, 0.717) is 25.9 Å². The maximum absolute atomic E-state index is 13.6. The summed E-state index contributed by atoms with van der Waals surface area (Å²) in [6, 6.07) is 10.7. The molecule has 2 saturated heterocycles. The molecular weight excluding hydrogens is 438 g/mol. The second kappa shape index (κ2) is 9.97. The molecule has 0 atom stereocenters. The van der Waals surface area contributed by atoms with E-state index in [0.717, 1.165) is 51.0 Å². The molecule has 0 saturated carbocycles. The van der Waals surface area contributed by atoms with Gasteiger partial charge in [0.25, 0.3) is 5.91 Å². The average Bonchev–Trinajstić information content (AvgIpc) is 3.06. The Balaban J connectivity index is 1.21. The number of likely N-dealkylation sites (N-methyl/N-ethyl adjacent to an activating group) is 1. The number of hydrogen-bond acceptors (Lipinski definition) is 5. The minimum atomic E-state index is -0.671. The van der Waals surface area contributed by atoms with E-state index in [1.165, 1.54) is 28.1 Å². The van der Waals surface area contributed by atoms with Gasteiger partial charge in [-0.15, -0.1) is 0 Å². The fraction of sp³-hybridized carbons (Fsp3) is 0.536. The first-order valence-corrected chi connectivity index (χ1v) is 13.1. The zero-order valence-electron chi connectivity index (χ0n) is 21.1. The van der Waals surface area contributed by atoms with Crippen LogP contribution in [0.5, 0.6) is 0 Å². The van der Waals surface area contributed by atoms with Crippen LogP contribution in [0, 0.1) is 0 Å². The monoisotopic (exact) mass is 475 g/mol. The first kappa shape index (κ1) is 23.8. The number of aromatic nitrogens is 1. The van der Waals surface area contributed by atoms with E-state index in [1.54, 1.807) is 6.20 Å². The Bertz CT molecular complexity index is 1060. The minimum absolute atomic E-state index is 0.00649. The summed E-state index contributed by atoms with van der Waals surface area (Å²) in [6.07, 6.45) is 8.96. The van der Waals surface area contributed by atoms with E-state index in [-0.39, 0.29) is 11.9 Å². The van der Waals surface area contributed by atoms with E-state index in [1.807, 2.05) is 30.2 Å². The van der Waals surface area contributed by atoms with Gasteiger partial charge in [-0.3, -0.25) is 19.6 Å². The van der Waals surface area contributed by atoms with E-state index in [4.69, 9.17) is 0 Å². The Hall–Kier alpha value is -2.93. The Morgan fingerprint density at radius 1 is 1.06 bits per heavy atom. The van der Waals surface area contributed by atoms with Crippen LogP contribution in [0.3, 0.4) is 0 Å². The summed E-state index contributed by atoms with van der Waals surface area (Å²) in [4.78, 5) is 39.1. The molecule has 3 aliphatic heterocycles. The summed E-state index contributed by atoms with van der Waals surface area (Å²) >= 11 is 0. The standard InChI is InChI=1S/C28H37N5O2/c1-3-33-27(35)32(16-5-8-22-7-4-14-29-20-22)26(34)28(33)12-17-31(18-13-28)21-23-10-11-25-24(19-23)9-6-15-30(25)2/h4,7,10-11,14,19-20H,3,5-6,8-9,12-13,15-18,21H2,1-2H3. The molecule has 4 heterocycles. The zero-order valence-corrected chi connectivity index (χ0v) is 21.1. The number of carbonyl (C=O) groups excluding carboxylic acids is 2. The van der Waals surface area contributed by atoms with Gasteiger partial charge in [0.2, 0.25) is 0 Å². The molecule has 5 rings (SSSR count). The molecule has 1 spiro atoms. The highest BCUT2D eigenvalue weighted by molar-refractivity contribution is 6.07. The quantitative estimate of drug-likeness (QED) is 0.572. The number of carbonyl (C=O) groups is 2. The fourth-order valence-corrected chi connectivity index (χ4v) is 6.16. The van der Waals surface area contributed by atoms with Crippen molar-refractivity contribution >= 4 is 17.6 Å². The van der Waals surface area contributed by atoms with Crippen molar-refractivity contribution < 1.29 is 9.59 Å². The molecule has 2 aromatic rings. The van der Waals surface area contributed by atoms with E-state index >= 15 is 0 Å². The Labute approximate surface area is 208 Å². The fourth-order valence-electron chi connectivity index (χ4n) is 6.16. The van der Waals surface area contributed by atoms with Crippen LogP contribution < -0.4 is 4.90 Å². The number of benzene rings is 1. The molecule has 35 heavy (non-hydrogen) atoms.